The number of nitrogens with one attached hydrogen (secondary N) is 2. The maximum absolute atomic E-state index is 13.8. The van der Waals surface area contributed by atoms with Gasteiger partial charge in [0.15, 0.2) is 5.60 Å². The van der Waals surface area contributed by atoms with E-state index in [0.717, 1.165) is 54.9 Å². The number of ether oxygens (including phenoxy) is 1. The smallest absolute Gasteiger partial charge is 0.266 e. The van der Waals surface area contributed by atoms with E-state index < -0.39 is 5.60 Å². The molecule has 5 rings (SSSR count). The lowest BCUT2D eigenvalue weighted by molar-refractivity contribution is -0.146. The van der Waals surface area contributed by atoms with Crippen molar-refractivity contribution in [1.29, 1.82) is 0 Å². The van der Waals surface area contributed by atoms with Crippen LogP contribution in [0.25, 0.3) is 11.1 Å². The molecule has 2 saturated heterocycles. The molecule has 0 aliphatic carbocycles. The number of rotatable bonds is 10. The number of amides is 2. The highest BCUT2D eigenvalue weighted by molar-refractivity contribution is 5.86. The molecule has 0 unspecified atom stereocenters. The third-order valence-corrected chi connectivity index (χ3v) is 8.12. The Balaban J connectivity index is 0.00000264. The number of piperidine rings is 1. The van der Waals surface area contributed by atoms with Crippen LogP contribution in [0.1, 0.15) is 32.3 Å². The molecule has 10 nitrogen and oxygen atoms in total. The van der Waals surface area contributed by atoms with E-state index in [0.29, 0.717) is 45.0 Å². The summed E-state index contributed by atoms with van der Waals surface area (Å²) >= 11 is 0. The molecule has 2 amide bonds. The van der Waals surface area contributed by atoms with E-state index in [1.54, 1.807) is 6.20 Å². The van der Waals surface area contributed by atoms with Gasteiger partial charge in [-0.3, -0.25) is 14.7 Å². The van der Waals surface area contributed by atoms with Crippen molar-refractivity contribution in [3.8, 4) is 16.9 Å². The topological polar surface area (TPSA) is 120 Å². The number of carbonyl (C=O) groups is 2. The minimum atomic E-state index is -0.976. The molecule has 3 heterocycles. The summed E-state index contributed by atoms with van der Waals surface area (Å²) in [6.07, 6.45) is 5.43. The Morgan fingerprint density at radius 2 is 1.82 bits per heavy atom. The van der Waals surface area contributed by atoms with Gasteiger partial charge in [-0.1, -0.05) is 30.3 Å². The quantitative estimate of drug-likeness (QED) is 0.307. The van der Waals surface area contributed by atoms with Gasteiger partial charge in [0.2, 0.25) is 5.91 Å². The zero-order valence-corrected chi connectivity index (χ0v) is 27.2. The molecule has 2 aliphatic heterocycles. The summed E-state index contributed by atoms with van der Waals surface area (Å²) in [6, 6.07) is 16.1. The predicted octanol–water partition coefficient (Wildman–Crippen LogP) is 3.71. The molecule has 240 valence electrons. The lowest BCUT2D eigenvalue weighted by Gasteiger charge is -2.37. The van der Waals surface area contributed by atoms with Crippen molar-refractivity contribution in [2.75, 3.05) is 57.3 Å². The van der Waals surface area contributed by atoms with Gasteiger partial charge in [0, 0.05) is 82.4 Å². The summed E-state index contributed by atoms with van der Waals surface area (Å²) in [7, 11) is 0. The van der Waals surface area contributed by atoms with Crippen LogP contribution in [0, 0.1) is 5.92 Å². The molecule has 44 heavy (non-hydrogen) atoms. The third-order valence-electron chi connectivity index (χ3n) is 8.12. The first-order chi connectivity index (χ1) is 20.3. The fourth-order valence-electron chi connectivity index (χ4n) is 5.86. The molecule has 0 radical (unpaired) electrons. The molecule has 0 saturated carbocycles. The Labute approximate surface area is 272 Å². The average molecular weight is 647 g/mol. The molecule has 2 aliphatic rings. The monoisotopic (exact) mass is 645 g/mol. The van der Waals surface area contributed by atoms with E-state index in [-0.39, 0.29) is 42.5 Å². The van der Waals surface area contributed by atoms with Gasteiger partial charge >= 0.3 is 0 Å². The van der Waals surface area contributed by atoms with Crippen LogP contribution in [0.5, 0.6) is 5.75 Å². The van der Waals surface area contributed by atoms with Crippen molar-refractivity contribution in [2.45, 2.75) is 38.8 Å². The lowest BCUT2D eigenvalue weighted by Crippen LogP contribution is -2.54. The zero-order chi connectivity index (χ0) is 29.5. The summed E-state index contributed by atoms with van der Waals surface area (Å²) in [5, 5.41) is 10.1. The molecule has 2 fully saturated rings. The fourth-order valence-corrected chi connectivity index (χ4v) is 5.86. The summed E-state index contributed by atoms with van der Waals surface area (Å²) in [4.78, 5) is 32.9. The van der Waals surface area contributed by atoms with Crippen molar-refractivity contribution in [1.82, 2.24) is 25.3 Å². The number of anilines is 1. The molecular formula is C32H45Cl2N7O3. The van der Waals surface area contributed by atoms with Crippen LogP contribution in [0.4, 0.5) is 5.69 Å². The number of H-pyrrole nitrogens is 1. The van der Waals surface area contributed by atoms with Gasteiger partial charge in [0.25, 0.3) is 5.91 Å². The van der Waals surface area contributed by atoms with E-state index in [1.165, 1.54) is 0 Å². The number of benzene rings is 2. The summed E-state index contributed by atoms with van der Waals surface area (Å²) < 4.78 is 6.26. The van der Waals surface area contributed by atoms with Gasteiger partial charge in [-0.25, -0.2) is 0 Å². The van der Waals surface area contributed by atoms with Crippen LogP contribution >= 0.6 is 24.8 Å². The summed E-state index contributed by atoms with van der Waals surface area (Å²) in [6.45, 7) is 9.58. The van der Waals surface area contributed by atoms with Crippen molar-refractivity contribution >= 4 is 42.3 Å². The van der Waals surface area contributed by atoms with Gasteiger partial charge in [-0.15, -0.1) is 24.8 Å². The molecule has 0 spiro atoms. The standard InChI is InChI=1S/C32H43N7O3.2ClH/c1-32(2,31(41)37-17-13-34-14-18-37)42-29-7-3-6-28(19-29)38-15-4-5-26(23-38)30(40)39(16-12-33)22-24-8-10-25(11-9-24)27-20-35-36-21-27;;/h3,6-11,19-21,26,34H,4-5,12-18,22-23,33H2,1-2H3,(H,35,36);2*1H/t26-;;/m1../s1. The van der Waals surface area contributed by atoms with E-state index in [4.69, 9.17) is 10.5 Å². The Morgan fingerprint density at radius 1 is 1.07 bits per heavy atom. The van der Waals surface area contributed by atoms with Gasteiger partial charge in [-0.05, 0) is 49.9 Å². The maximum atomic E-state index is 13.8. The molecule has 4 N–H and O–H groups in total. The second-order valence-corrected chi connectivity index (χ2v) is 11.7. The summed E-state index contributed by atoms with van der Waals surface area (Å²) in [5.74, 6) is 0.664. The highest BCUT2D eigenvalue weighted by atomic mass is 35.5. The Kier molecular flexibility index (Phi) is 12.9. The number of nitrogens with zero attached hydrogens (tertiary/aromatic N) is 4. The first-order valence-electron chi connectivity index (χ1n) is 14.9. The molecule has 12 heteroatoms. The van der Waals surface area contributed by atoms with Crippen molar-refractivity contribution < 1.29 is 14.3 Å². The Hall–Kier alpha value is -3.31. The molecule has 0 bridgehead atoms. The van der Waals surface area contributed by atoms with Gasteiger partial charge in [0.1, 0.15) is 5.75 Å². The third kappa shape index (κ3) is 8.65. The first kappa shape index (κ1) is 35.2. The van der Waals surface area contributed by atoms with Crippen LogP contribution in [-0.4, -0.2) is 89.8 Å². The van der Waals surface area contributed by atoms with Gasteiger partial charge in [-0.2, -0.15) is 5.10 Å². The van der Waals surface area contributed by atoms with E-state index in [9.17, 15) is 9.59 Å². The van der Waals surface area contributed by atoms with Gasteiger partial charge < -0.3 is 30.5 Å². The van der Waals surface area contributed by atoms with E-state index in [1.807, 2.05) is 54.1 Å². The van der Waals surface area contributed by atoms with Crippen molar-refractivity contribution in [3.63, 3.8) is 0 Å². The number of halogens is 2. The molecule has 2 aromatic carbocycles. The van der Waals surface area contributed by atoms with Crippen molar-refractivity contribution in [3.05, 3.63) is 66.5 Å². The summed E-state index contributed by atoms with van der Waals surface area (Å²) in [5.41, 5.74) is 9.13. The van der Waals surface area contributed by atoms with Crippen LogP contribution in [0.3, 0.4) is 0 Å². The fraction of sp³-hybridized carbons (Fsp3) is 0.469. The SMILES string of the molecule is CC(C)(Oc1cccc(N2CCC[C@@H](C(=O)N(CCN)Cc3ccc(-c4cn[nH]c4)cc3)C2)c1)C(=O)N1CCNCC1.Cl.Cl. The highest BCUT2D eigenvalue weighted by Gasteiger charge is 2.35. The normalized spacial score (nSPS) is 16.8. The molecular weight excluding hydrogens is 601 g/mol. The predicted molar refractivity (Wildman–Crippen MR) is 179 cm³/mol. The second-order valence-electron chi connectivity index (χ2n) is 11.7. The number of aromatic amines is 1. The minimum Gasteiger partial charge on any atom is -0.478 e. The van der Waals surface area contributed by atoms with E-state index >= 15 is 0 Å². The average Bonchev–Trinajstić information content (AvgIpc) is 3.56. The maximum Gasteiger partial charge on any atom is 0.266 e. The Morgan fingerprint density at radius 3 is 2.50 bits per heavy atom. The molecule has 1 atom stereocenters. The second kappa shape index (κ2) is 16.1. The van der Waals surface area contributed by atoms with Crippen LogP contribution < -0.4 is 20.7 Å². The van der Waals surface area contributed by atoms with Crippen LogP contribution in [0.2, 0.25) is 0 Å². The Bertz CT molecular complexity index is 1330. The number of hydrogen-bond donors (Lipinski definition) is 3. The number of hydrogen-bond acceptors (Lipinski definition) is 7. The highest BCUT2D eigenvalue weighted by Crippen LogP contribution is 2.30. The molecule has 1 aromatic heterocycles. The minimum absolute atomic E-state index is 0. The zero-order valence-electron chi connectivity index (χ0n) is 25.5. The number of piperazine rings is 1. The number of carbonyl (C=O) groups excluding carboxylic acids is 2. The van der Waals surface area contributed by atoms with Crippen LogP contribution in [0.15, 0.2) is 60.9 Å². The molecule has 3 aromatic rings. The number of aromatic nitrogens is 2. The lowest BCUT2D eigenvalue weighted by atomic mass is 9.95. The van der Waals surface area contributed by atoms with Gasteiger partial charge in [0.05, 0.1) is 12.1 Å². The van der Waals surface area contributed by atoms with E-state index in [2.05, 4.69) is 44.7 Å². The largest absolute Gasteiger partial charge is 0.478 e. The first-order valence-corrected chi connectivity index (χ1v) is 14.9. The number of nitrogens with two attached hydrogens (primary N) is 1. The van der Waals surface area contributed by atoms with Crippen LogP contribution in [-0.2, 0) is 16.1 Å². The van der Waals surface area contributed by atoms with Crippen molar-refractivity contribution in [2.24, 2.45) is 11.7 Å².